The van der Waals surface area contributed by atoms with Crippen LogP contribution in [0.4, 0.5) is 13.2 Å². The van der Waals surface area contributed by atoms with Crippen molar-refractivity contribution in [3.8, 4) is 0 Å². The highest BCUT2D eigenvalue weighted by Crippen LogP contribution is 2.18. The number of nitrogens with zero attached hydrogens (tertiary/aromatic N) is 1. The first-order chi connectivity index (χ1) is 9.01. The molecule has 0 aliphatic carbocycles. The zero-order valence-electron chi connectivity index (χ0n) is 11.6. The Kier molecular flexibility index (Phi) is 10.3. The number of rotatable bonds is 6. The van der Waals surface area contributed by atoms with E-state index >= 15 is 0 Å². The van der Waals surface area contributed by atoms with Crippen molar-refractivity contribution in [2.24, 2.45) is 4.99 Å². The standard InChI is InChI=1S/C12H22F3N3O.HI/c1-2-16-11(18-8-6-12(13,14)15)17-7-5-10-4-3-9-19-10;/h10H,2-9H2,1H3,(H2,16,17,18);1H. The molecule has 0 spiro atoms. The Hall–Kier alpha value is -0.250. The SMILES string of the molecule is CCNC(=NCCC1CCCO1)NCCC(F)(F)F.I. The maximum atomic E-state index is 12.0. The third kappa shape index (κ3) is 9.62. The Morgan fingerprint density at radius 1 is 1.35 bits per heavy atom. The van der Waals surface area contributed by atoms with Crippen molar-refractivity contribution in [1.29, 1.82) is 0 Å². The topological polar surface area (TPSA) is 45.7 Å². The van der Waals surface area contributed by atoms with Crippen LogP contribution in [0.15, 0.2) is 4.99 Å². The minimum Gasteiger partial charge on any atom is -0.378 e. The fourth-order valence-corrected chi connectivity index (χ4v) is 1.86. The average molecular weight is 409 g/mol. The lowest BCUT2D eigenvalue weighted by Crippen LogP contribution is -2.39. The predicted molar refractivity (Wildman–Crippen MR) is 83.7 cm³/mol. The molecule has 0 radical (unpaired) electrons. The van der Waals surface area contributed by atoms with Gasteiger partial charge in [-0.3, -0.25) is 4.99 Å². The summed E-state index contributed by atoms with van der Waals surface area (Å²) >= 11 is 0. The van der Waals surface area contributed by atoms with Crippen LogP contribution < -0.4 is 10.6 Å². The minimum absolute atomic E-state index is 0. The summed E-state index contributed by atoms with van der Waals surface area (Å²) in [7, 11) is 0. The van der Waals surface area contributed by atoms with Crippen molar-refractivity contribution in [3.05, 3.63) is 0 Å². The van der Waals surface area contributed by atoms with Gasteiger partial charge in [-0.1, -0.05) is 0 Å². The first kappa shape index (κ1) is 19.8. The number of aliphatic imine (C=N–C) groups is 1. The summed E-state index contributed by atoms with van der Waals surface area (Å²) in [6.45, 7) is 3.71. The van der Waals surface area contributed by atoms with Gasteiger partial charge in [-0.05, 0) is 26.2 Å². The molecule has 20 heavy (non-hydrogen) atoms. The molecule has 1 aliphatic heterocycles. The van der Waals surface area contributed by atoms with Crippen LogP contribution in [0.3, 0.4) is 0 Å². The van der Waals surface area contributed by atoms with Gasteiger partial charge in [0.15, 0.2) is 5.96 Å². The van der Waals surface area contributed by atoms with Gasteiger partial charge >= 0.3 is 6.18 Å². The van der Waals surface area contributed by atoms with Gasteiger partial charge in [0.1, 0.15) is 0 Å². The summed E-state index contributed by atoms with van der Waals surface area (Å²) < 4.78 is 41.6. The van der Waals surface area contributed by atoms with Gasteiger partial charge in [0, 0.05) is 26.2 Å². The van der Waals surface area contributed by atoms with Crippen LogP contribution in [0, 0.1) is 0 Å². The maximum absolute atomic E-state index is 12.0. The van der Waals surface area contributed by atoms with Gasteiger partial charge in [0.05, 0.1) is 12.5 Å². The molecule has 1 unspecified atom stereocenters. The highest BCUT2D eigenvalue weighted by molar-refractivity contribution is 14.0. The number of halogens is 4. The first-order valence-electron chi connectivity index (χ1n) is 6.72. The van der Waals surface area contributed by atoms with Crippen LogP contribution in [-0.2, 0) is 4.74 Å². The Morgan fingerprint density at radius 3 is 2.65 bits per heavy atom. The lowest BCUT2D eigenvalue weighted by atomic mass is 10.2. The van der Waals surface area contributed by atoms with E-state index in [-0.39, 0.29) is 36.6 Å². The molecule has 0 amide bonds. The Bertz CT molecular complexity index is 282. The largest absolute Gasteiger partial charge is 0.390 e. The fraction of sp³-hybridized carbons (Fsp3) is 0.917. The van der Waals surface area contributed by atoms with E-state index in [1.54, 1.807) is 0 Å². The van der Waals surface area contributed by atoms with Crippen LogP contribution >= 0.6 is 24.0 Å². The molecule has 120 valence electrons. The van der Waals surface area contributed by atoms with E-state index in [4.69, 9.17) is 4.74 Å². The molecule has 1 saturated heterocycles. The molecule has 1 heterocycles. The molecule has 1 fully saturated rings. The van der Waals surface area contributed by atoms with Crippen molar-refractivity contribution < 1.29 is 17.9 Å². The summed E-state index contributed by atoms with van der Waals surface area (Å²) in [4.78, 5) is 4.24. The molecule has 1 atom stereocenters. The second kappa shape index (κ2) is 10.5. The number of nitrogens with one attached hydrogen (secondary N) is 2. The molecular weight excluding hydrogens is 386 g/mol. The second-order valence-corrected chi connectivity index (χ2v) is 4.48. The zero-order chi connectivity index (χ0) is 14.1. The van der Waals surface area contributed by atoms with Crippen LogP contribution in [0.1, 0.15) is 32.6 Å². The number of hydrogen-bond donors (Lipinski definition) is 2. The summed E-state index contributed by atoms with van der Waals surface area (Å²) in [5.74, 6) is 0.435. The van der Waals surface area contributed by atoms with E-state index in [1.165, 1.54) is 0 Å². The highest BCUT2D eigenvalue weighted by Gasteiger charge is 2.26. The van der Waals surface area contributed by atoms with Crippen molar-refractivity contribution in [2.75, 3.05) is 26.2 Å². The maximum Gasteiger partial charge on any atom is 0.390 e. The molecule has 0 aromatic carbocycles. The van der Waals surface area contributed by atoms with Crippen molar-refractivity contribution in [3.63, 3.8) is 0 Å². The van der Waals surface area contributed by atoms with Crippen LogP contribution in [-0.4, -0.2) is 44.5 Å². The van der Waals surface area contributed by atoms with Crippen LogP contribution in [0.25, 0.3) is 0 Å². The van der Waals surface area contributed by atoms with E-state index in [1.807, 2.05) is 6.92 Å². The van der Waals surface area contributed by atoms with Gasteiger partial charge in [-0.15, -0.1) is 24.0 Å². The molecule has 1 rings (SSSR count). The normalized spacial score (nSPS) is 19.6. The molecule has 0 aromatic rings. The molecule has 4 nitrogen and oxygen atoms in total. The molecule has 0 aromatic heterocycles. The second-order valence-electron chi connectivity index (χ2n) is 4.48. The smallest absolute Gasteiger partial charge is 0.378 e. The van der Waals surface area contributed by atoms with E-state index in [0.29, 0.717) is 19.0 Å². The number of alkyl halides is 3. The third-order valence-electron chi connectivity index (χ3n) is 2.79. The van der Waals surface area contributed by atoms with Gasteiger partial charge in [-0.25, -0.2) is 0 Å². The van der Waals surface area contributed by atoms with Gasteiger partial charge in [0.25, 0.3) is 0 Å². The molecule has 0 saturated carbocycles. The number of hydrogen-bond acceptors (Lipinski definition) is 2. The van der Waals surface area contributed by atoms with Crippen molar-refractivity contribution in [1.82, 2.24) is 10.6 Å². The third-order valence-corrected chi connectivity index (χ3v) is 2.79. The molecular formula is C12H23F3IN3O. The number of guanidine groups is 1. The van der Waals surface area contributed by atoms with Crippen molar-refractivity contribution >= 4 is 29.9 Å². The highest BCUT2D eigenvalue weighted by atomic mass is 127. The molecule has 2 N–H and O–H groups in total. The van der Waals surface area contributed by atoms with Crippen molar-refractivity contribution in [2.45, 2.75) is 44.9 Å². The Balaban J connectivity index is 0.00000361. The van der Waals surface area contributed by atoms with Gasteiger partial charge < -0.3 is 15.4 Å². The average Bonchev–Trinajstić information content (AvgIpc) is 2.80. The van der Waals surface area contributed by atoms with E-state index in [2.05, 4.69) is 15.6 Å². The summed E-state index contributed by atoms with van der Waals surface area (Å²) in [6, 6.07) is 0. The zero-order valence-corrected chi connectivity index (χ0v) is 14.0. The van der Waals surface area contributed by atoms with Crippen LogP contribution in [0.2, 0.25) is 0 Å². The molecule has 8 heteroatoms. The number of ether oxygens (including phenoxy) is 1. The molecule has 1 aliphatic rings. The first-order valence-corrected chi connectivity index (χ1v) is 6.72. The van der Waals surface area contributed by atoms with E-state index in [0.717, 1.165) is 25.9 Å². The quantitative estimate of drug-likeness (QED) is 0.403. The lowest BCUT2D eigenvalue weighted by molar-refractivity contribution is -0.132. The van der Waals surface area contributed by atoms with Gasteiger partial charge in [0.2, 0.25) is 0 Å². The Labute approximate surface area is 134 Å². The molecule has 0 bridgehead atoms. The summed E-state index contributed by atoms with van der Waals surface area (Å²) in [5.41, 5.74) is 0. The minimum atomic E-state index is -4.14. The van der Waals surface area contributed by atoms with Crippen LogP contribution in [0.5, 0.6) is 0 Å². The summed E-state index contributed by atoms with van der Waals surface area (Å²) in [5, 5.41) is 5.61. The predicted octanol–water partition coefficient (Wildman–Crippen LogP) is 2.68. The monoisotopic (exact) mass is 409 g/mol. The Morgan fingerprint density at radius 2 is 2.10 bits per heavy atom. The van der Waals surface area contributed by atoms with E-state index < -0.39 is 12.6 Å². The lowest BCUT2D eigenvalue weighted by Gasteiger charge is -2.13. The van der Waals surface area contributed by atoms with E-state index in [9.17, 15) is 13.2 Å². The fourth-order valence-electron chi connectivity index (χ4n) is 1.86. The summed E-state index contributed by atoms with van der Waals surface area (Å²) in [6.07, 6.45) is -1.80. The van der Waals surface area contributed by atoms with Gasteiger partial charge in [-0.2, -0.15) is 13.2 Å².